The van der Waals surface area contributed by atoms with Crippen molar-refractivity contribution < 1.29 is 4.79 Å². The Morgan fingerprint density at radius 2 is 1.78 bits per heavy atom. The fourth-order valence-corrected chi connectivity index (χ4v) is 1.67. The van der Waals surface area contributed by atoms with E-state index in [9.17, 15) is 4.79 Å². The number of anilines is 1. The minimum atomic E-state index is -0.995. The molecule has 0 atom stereocenters. The van der Waals surface area contributed by atoms with E-state index in [2.05, 4.69) is 13.8 Å². The largest absolute Gasteiger partial charge is 0.314 e. The summed E-state index contributed by atoms with van der Waals surface area (Å²) in [5, 5.41) is 8.98. The molecule has 1 aromatic carbocycles. The zero-order valence-corrected chi connectivity index (χ0v) is 11.7. The van der Waals surface area contributed by atoms with Gasteiger partial charge in [-0.05, 0) is 37.5 Å². The lowest BCUT2D eigenvalue weighted by atomic mass is 9.93. The normalized spacial score (nSPS) is 11.2. The van der Waals surface area contributed by atoms with Gasteiger partial charge in [-0.2, -0.15) is 5.26 Å². The molecule has 1 amide bonds. The SMILES string of the molecule is CC(C)c1ccc(N(C)C(=O)C(C)(C)C#N)cc1. The maximum Gasteiger partial charge on any atom is 0.246 e. The lowest BCUT2D eigenvalue weighted by Crippen LogP contribution is -2.37. The van der Waals surface area contributed by atoms with E-state index in [0.29, 0.717) is 5.92 Å². The van der Waals surface area contributed by atoms with Crippen molar-refractivity contribution in [3.8, 4) is 6.07 Å². The maximum absolute atomic E-state index is 12.1. The second-order valence-electron chi connectivity index (χ2n) is 5.35. The van der Waals surface area contributed by atoms with Crippen LogP contribution in [0.5, 0.6) is 0 Å². The van der Waals surface area contributed by atoms with E-state index in [0.717, 1.165) is 5.69 Å². The molecule has 0 saturated carbocycles. The highest BCUT2D eigenvalue weighted by atomic mass is 16.2. The number of nitriles is 1. The Morgan fingerprint density at radius 3 is 2.17 bits per heavy atom. The molecule has 0 N–H and O–H groups in total. The number of amides is 1. The highest BCUT2D eigenvalue weighted by Crippen LogP contribution is 2.24. The first-order valence-electron chi connectivity index (χ1n) is 6.09. The Balaban J connectivity index is 2.95. The van der Waals surface area contributed by atoms with Crippen LogP contribution in [-0.2, 0) is 4.79 Å². The third-order valence-corrected chi connectivity index (χ3v) is 3.07. The van der Waals surface area contributed by atoms with Gasteiger partial charge in [-0.1, -0.05) is 26.0 Å². The van der Waals surface area contributed by atoms with Crippen LogP contribution in [0.4, 0.5) is 5.69 Å². The summed E-state index contributed by atoms with van der Waals surface area (Å²) in [5.74, 6) is 0.276. The van der Waals surface area contributed by atoms with Gasteiger partial charge in [0.15, 0.2) is 0 Å². The number of benzene rings is 1. The van der Waals surface area contributed by atoms with Gasteiger partial charge in [0.1, 0.15) is 5.41 Å². The van der Waals surface area contributed by atoms with E-state index < -0.39 is 5.41 Å². The minimum absolute atomic E-state index is 0.192. The van der Waals surface area contributed by atoms with Gasteiger partial charge in [-0.25, -0.2) is 0 Å². The molecule has 0 heterocycles. The summed E-state index contributed by atoms with van der Waals surface area (Å²) in [4.78, 5) is 13.7. The number of hydrogen-bond acceptors (Lipinski definition) is 2. The zero-order chi connectivity index (χ0) is 13.9. The summed E-state index contributed by atoms with van der Waals surface area (Å²) in [6.45, 7) is 7.52. The molecule has 0 radical (unpaired) electrons. The molecular weight excluding hydrogens is 224 g/mol. The average Bonchev–Trinajstić information content (AvgIpc) is 2.37. The Bertz CT molecular complexity index is 466. The summed E-state index contributed by atoms with van der Waals surface area (Å²) in [5.41, 5.74) is 1.05. The molecule has 0 fully saturated rings. The monoisotopic (exact) mass is 244 g/mol. The van der Waals surface area contributed by atoms with Crippen LogP contribution in [-0.4, -0.2) is 13.0 Å². The number of rotatable bonds is 3. The molecule has 18 heavy (non-hydrogen) atoms. The molecule has 0 bridgehead atoms. The zero-order valence-electron chi connectivity index (χ0n) is 11.7. The molecule has 0 spiro atoms. The molecule has 3 heteroatoms. The predicted octanol–water partition coefficient (Wildman–Crippen LogP) is 3.32. The topological polar surface area (TPSA) is 44.1 Å². The fraction of sp³-hybridized carbons (Fsp3) is 0.467. The number of hydrogen-bond donors (Lipinski definition) is 0. The van der Waals surface area contributed by atoms with Gasteiger partial charge in [0, 0.05) is 12.7 Å². The molecule has 1 rings (SSSR count). The standard InChI is InChI=1S/C15H20N2O/c1-11(2)12-6-8-13(9-7-12)17(5)14(18)15(3,4)10-16/h6-9,11H,1-5H3. The first-order valence-corrected chi connectivity index (χ1v) is 6.09. The third kappa shape index (κ3) is 2.89. The fourth-order valence-electron chi connectivity index (χ4n) is 1.67. The van der Waals surface area contributed by atoms with Crippen LogP contribution in [0.3, 0.4) is 0 Å². The maximum atomic E-state index is 12.1. The third-order valence-electron chi connectivity index (χ3n) is 3.07. The van der Waals surface area contributed by atoms with Crippen molar-refractivity contribution in [2.75, 3.05) is 11.9 Å². The van der Waals surface area contributed by atoms with Gasteiger partial charge in [0.2, 0.25) is 5.91 Å². The predicted molar refractivity (Wildman–Crippen MR) is 73.3 cm³/mol. The molecular formula is C15H20N2O. The lowest BCUT2D eigenvalue weighted by molar-refractivity contribution is -0.123. The quantitative estimate of drug-likeness (QED) is 0.818. The van der Waals surface area contributed by atoms with Crippen molar-refractivity contribution >= 4 is 11.6 Å². The second-order valence-corrected chi connectivity index (χ2v) is 5.35. The average molecular weight is 244 g/mol. The summed E-state index contributed by atoms with van der Waals surface area (Å²) < 4.78 is 0. The molecule has 0 saturated heterocycles. The van der Waals surface area contributed by atoms with E-state index in [1.807, 2.05) is 30.3 Å². The number of carbonyl (C=O) groups is 1. The highest BCUT2D eigenvalue weighted by Gasteiger charge is 2.30. The Hall–Kier alpha value is -1.82. The van der Waals surface area contributed by atoms with Gasteiger partial charge < -0.3 is 4.90 Å². The molecule has 0 aromatic heterocycles. The summed E-state index contributed by atoms with van der Waals surface area (Å²) >= 11 is 0. The molecule has 0 aliphatic heterocycles. The van der Waals surface area contributed by atoms with Crippen LogP contribution in [0.15, 0.2) is 24.3 Å². The molecule has 3 nitrogen and oxygen atoms in total. The molecule has 0 aliphatic rings. The second kappa shape index (κ2) is 5.22. The first-order chi connectivity index (χ1) is 8.29. The smallest absolute Gasteiger partial charge is 0.246 e. The van der Waals surface area contributed by atoms with Gasteiger partial charge in [-0.3, -0.25) is 4.79 Å². The van der Waals surface area contributed by atoms with Crippen molar-refractivity contribution in [3.05, 3.63) is 29.8 Å². The van der Waals surface area contributed by atoms with Crippen molar-refractivity contribution in [2.24, 2.45) is 5.41 Å². The molecule has 1 aromatic rings. The van der Waals surface area contributed by atoms with Gasteiger partial charge in [-0.15, -0.1) is 0 Å². The summed E-state index contributed by atoms with van der Waals surface area (Å²) in [7, 11) is 1.70. The van der Waals surface area contributed by atoms with Crippen LogP contribution in [0.1, 0.15) is 39.2 Å². The van der Waals surface area contributed by atoms with Crippen molar-refractivity contribution in [1.82, 2.24) is 0 Å². The number of carbonyl (C=O) groups excluding carboxylic acids is 1. The lowest BCUT2D eigenvalue weighted by Gasteiger charge is -2.24. The summed E-state index contributed by atoms with van der Waals surface area (Å²) in [6.07, 6.45) is 0. The van der Waals surface area contributed by atoms with E-state index in [-0.39, 0.29) is 5.91 Å². The highest BCUT2D eigenvalue weighted by molar-refractivity contribution is 5.98. The van der Waals surface area contributed by atoms with Crippen LogP contribution in [0.25, 0.3) is 0 Å². The van der Waals surface area contributed by atoms with Crippen molar-refractivity contribution in [1.29, 1.82) is 5.26 Å². The Kier molecular flexibility index (Phi) is 4.13. The van der Waals surface area contributed by atoms with Gasteiger partial charge in [0.25, 0.3) is 0 Å². The minimum Gasteiger partial charge on any atom is -0.314 e. The summed E-state index contributed by atoms with van der Waals surface area (Å²) in [6, 6.07) is 9.90. The van der Waals surface area contributed by atoms with E-state index in [1.165, 1.54) is 10.5 Å². The molecule has 0 unspecified atom stereocenters. The van der Waals surface area contributed by atoms with Gasteiger partial charge >= 0.3 is 0 Å². The van der Waals surface area contributed by atoms with E-state index in [4.69, 9.17) is 5.26 Å². The van der Waals surface area contributed by atoms with Crippen LogP contribution in [0, 0.1) is 16.7 Å². The Morgan fingerprint density at radius 1 is 1.28 bits per heavy atom. The van der Waals surface area contributed by atoms with Crippen LogP contribution in [0.2, 0.25) is 0 Å². The molecule has 0 aliphatic carbocycles. The van der Waals surface area contributed by atoms with Gasteiger partial charge in [0.05, 0.1) is 6.07 Å². The van der Waals surface area contributed by atoms with Crippen molar-refractivity contribution in [3.63, 3.8) is 0 Å². The van der Waals surface area contributed by atoms with E-state index >= 15 is 0 Å². The van der Waals surface area contributed by atoms with Crippen molar-refractivity contribution in [2.45, 2.75) is 33.6 Å². The molecule has 96 valence electrons. The number of nitrogens with zero attached hydrogens (tertiary/aromatic N) is 2. The Labute approximate surface area is 109 Å². The van der Waals surface area contributed by atoms with Crippen LogP contribution >= 0.6 is 0 Å². The van der Waals surface area contributed by atoms with Crippen LogP contribution < -0.4 is 4.90 Å². The first kappa shape index (κ1) is 14.2. The van der Waals surface area contributed by atoms with E-state index in [1.54, 1.807) is 20.9 Å².